The molecule has 0 unspecified atom stereocenters. The van der Waals surface area contributed by atoms with Crippen molar-refractivity contribution in [1.29, 1.82) is 0 Å². The molecule has 0 aliphatic carbocycles. The zero-order valence-corrected chi connectivity index (χ0v) is 13.3. The molecule has 1 aliphatic heterocycles. The van der Waals surface area contributed by atoms with Gasteiger partial charge in [-0.25, -0.2) is 0 Å². The van der Waals surface area contributed by atoms with E-state index in [4.69, 9.17) is 16.0 Å². The summed E-state index contributed by atoms with van der Waals surface area (Å²) in [6, 6.07) is 3.78. The third-order valence-corrected chi connectivity index (χ3v) is 4.61. The smallest absolute Gasteiger partial charge is 0.289 e. The van der Waals surface area contributed by atoms with Crippen molar-refractivity contribution in [1.82, 2.24) is 9.80 Å². The molecule has 0 atom stereocenters. The van der Waals surface area contributed by atoms with E-state index in [2.05, 4.69) is 11.9 Å². The van der Waals surface area contributed by atoms with E-state index in [0.29, 0.717) is 10.8 Å². The monoisotopic (exact) mass is 306 g/mol. The Kier molecular flexibility index (Phi) is 3.68. The molecule has 0 bridgehead atoms. The van der Waals surface area contributed by atoms with E-state index < -0.39 is 0 Å². The van der Waals surface area contributed by atoms with Crippen LogP contribution in [0, 0.1) is 13.8 Å². The molecular weight excluding hydrogens is 288 g/mol. The van der Waals surface area contributed by atoms with Crippen molar-refractivity contribution in [2.45, 2.75) is 13.8 Å². The van der Waals surface area contributed by atoms with Gasteiger partial charge in [-0.05, 0) is 38.6 Å². The van der Waals surface area contributed by atoms with Crippen LogP contribution >= 0.6 is 11.6 Å². The van der Waals surface area contributed by atoms with Gasteiger partial charge in [0.1, 0.15) is 5.58 Å². The quantitative estimate of drug-likeness (QED) is 0.812. The van der Waals surface area contributed by atoms with Crippen molar-refractivity contribution in [3.63, 3.8) is 0 Å². The van der Waals surface area contributed by atoms with Crippen molar-refractivity contribution in [2.24, 2.45) is 0 Å². The molecule has 112 valence electrons. The fourth-order valence-corrected chi connectivity index (χ4v) is 2.86. The van der Waals surface area contributed by atoms with Crippen LogP contribution in [-0.4, -0.2) is 48.9 Å². The van der Waals surface area contributed by atoms with Gasteiger partial charge in [0, 0.05) is 42.2 Å². The summed E-state index contributed by atoms with van der Waals surface area (Å²) in [6.07, 6.45) is 0. The summed E-state index contributed by atoms with van der Waals surface area (Å²) in [5, 5.41) is 1.62. The van der Waals surface area contributed by atoms with Crippen molar-refractivity contribution in [3.05, 3.63) is 34.0 Å². The molecule has 5 heteroatoms. The maximum Gasteiger partial charge on any atom is 0.289 e. The second-order valence-corrected chi connectivity index (χ2v) is 6.16. The fourth-order valence-electron chi connectivity index (χ4n) is 2.70. The molecule has 1 aliphatic rings. The normalized spacial score (nSPS) is 16.7. The fraction of sp³-hybridized carbons (Fsp3) is 0.438. The summed E-state index contributed by atoms with van der Waals surface area (Å²) >= 11 is 6.17. The first-order valence-electron chi connectivity index (χ1n) is 7.14. The Bertz CT molecular complexity index is 700. The van der Waals surface area contributed by atoms with Crippen LogP contribution in [0.25, 0.3) is 11.0 Å². The molecular formula is C16H19ClN2O2. The number of likely N-dealkylation sites (N-methyl/N-ethyl adjacent to an activating group) is 1. The Labute approximate surface area is 129 Å². The first kappa shape index (κ1) is 14.4. The number of aryl methyl sites for hydroxylation is 2. The molecule has 4 nitrogen and oxygen atoms in total. The highest BCUT2D eigenvalue weighted by molar-refractivity contribution is 6.32. The van der Waals surface area contributed by atoms with E-state index in [1.54, 1.807) is 0 Å². The van der Waals surface area contributed by atoms with Crippen LogP contribution in [0.5, 0.6) is 0 Å². The third-order valence-electron chi connectivity index (χ3n) is 4.20. The van der Waals surface area contributed by atoms with E-state index in [0.717, 1.165) is 48.3 Å². The van der Waals surface area contributed by atoms with Crippen LogP contribution in [-0.2, 0) is 0 Å². The number of fused-ring (bicyclic) bond motifs is 1. The first-order chi connectivity index (χ1) is 9.97. The van der Waals surface area contributed by atoms with Crippen molar-refractivity contribution >= 4 is 28.5 Å². The Hall–Kier alpha value is -1.52. The Balaban J connectivity index is 1.97. The predicted molar refractivity (Wildman–Crippen MR) is 84.1 cm³/mol. The zero-order valence-electron chi connectivity index (χ0n) is 12.6. The van der Waals surface area contributed by atoms with Crippen molar-refractivity contribution in [3.8, 4) is 0 Å². The molecule has 21 heavy (non-hydrogen) atoms. The van der Waals surface area contributed by atoms with Crippen LogP contribution in [0.2, 0.25) is 5.02 Å². The number of nitrogens with zero attached hydrogens (tertiary/aromatic N) is 2. The topological polar surface area (TPSA) is 36.7 Å². The molecule has 3 rings (SSSR count). The third kappa shape index (κ3) is 2.54. The zero-order chi connectivity index (χ0) is 15.1. The number of hydrogen-bond donors (Lipinski definition) is 0. The van der Waals surface area contributed by atoms with Gasteiger partial charge in [0.15, 0.2) is 5.76 Å². The lowest BCUT2D eigenvalue weighted by Crippen LogP contribution is -2.47. The minimum Gasteiger partial charge on any atom is -0.451 e. The van der Waals surface area contributed by atoms with Gasteiger partial charge in [-0.1, -0.05) is 11.6 Å². The Morgan fingerprint density at radius 3 is 2.52 bits per heavy atom. The maximum absolute atomic E-state index is 12.6. The summed E-state index contributed by atoms with van der Waals surface area (Å²) in [6.45, 7) is 7.13. The molecule has 0 N–H and O–H groups in total. The molecule has 1 aromatic carbocycles. The number of piperazine rings is 1. The van der Waals surface area contributed by atoms with Crippen LogP contribution < -0.4 is 0 Å². The molecule has 0 radical (unpaired) electrons. The highest BCUT2D eigenvalue weighted by atomic mass is 35.5. The Morgan fingerprint density at radius 1 is 1.19 bits per heavy atom. The number of furan rings is 1. The number of hydrogen-bond acceptors (Lipinski definition) is 3. The molecule has 1 fully saturated rings. The van der Waals surface area contributed by atoms with Gasteiger partial charge in [-0.3, -0.25) is 4.79 Å². The molecule has 2 aromatic rings. The summed E-state index contributed by atoms with van der Waals surface area (Å²) in [5.74, 6) is 0.418. The average Bonchev–Trinajstić information content (AvgIpc) is 2.77. The molecule has 1 amide bonds. The van der Waals surface area contributed by atoms with E-state index in [1.807, 2.05) is 30.9 Å². The van der Waals surface area contributed by atoms with Crippen LogP contribution in [0.3, 0.4) is 0 Å². The molecule has 0 saturated carbocycles. The molecule has 2 heterocycles. The number of rotatable bonds is 1. The second-order valence-electron chi connectivity index (χ2n) is 5.75. The highest BCUT2D eigenvalue weighted by Crippen LogP contribution is 2.30. The molecule has 1 aromatic heterocycles. The minimum absolute atomic E-state index is 0.0226. The maximum atomic E-state index is 12.6. The second kappa shape index (κ2) is 5.35. The Morgan fingerprint density at radius 2 is 1.86 bits per heavy atom. The number of halogens is 1. The van der Waals surface area contributed by atoms with Crippen LogP contribution in [0.15, 0.2) is 16.5 Å². The van der Waals surface area contributed by atoms with Gasteiger partial charge >= 0.3 is 0 Å². The summed E-state index contributed by atoms with van der Waals surface area (Å²) in [7, 11) is 2.07. The number of benzene rings is 1. The van der Waals surface area contributed by atoms with Gasteiger partial charge in [-0.2, -0.15) is 0 Å². The van der Waals surface area contributed by atoms with E-state index in [9.17, 15) is 4.79 Å². The van der Waals surface area contributed by atoms with E-state index in [-0.39, 0.29) is 5.91 Å². The highest BCUT2D eigenvalue weighted by Gasteiger charge is 2.25. The largest absolute Gasteiger partial charge is 0.451 e. The molecule has 1 saturated heterocycles. The lowest BCUT2D eigenvalue weighted by Gasteiger charge is -2.31. The van der Waals surface area contributed by atoms with Gasteiger partial charge in [-0.15, -0.1) is 0 Å². The van der Waals surface area contributed by atoms with Crippen LogP contribution in [0.4, 0.5) is 0 Å². The summed E-state index contributed by atoms with van der Waals surface area (Å²) in [5.41, 5.74) is 2.55. The summed E-state index contributed by atoms with van der Waals surface area (Å²) in [4.78, 5) is 16.7. The summed E-state index contributed by atoms with van der Waals surface area (Å²) < 4.78 is 5.81. The number of carbonyl (C=O) groups is 1. The van der Waals surface area contributed by atoms with Crippen molar-refractivity contribution < 1.29 is 9.21 Å². The van der Waals surface area contributed by atoms with Gasteiger partial charge in [0.05, 0.1) is 0 Å². The number of carbonyl (C=O) groups excluding carboxylic acids is 1. The number of amides is 1. The molecule has 0 spiro atoms. The SMILES string of the molecule is Cc1cc2oc(C(=O)N3CCN(C)CC3)c(C)c2cc1Cl. The predicted octanol–water partition coefficient (Wildman–Crippen LogP) is 3.09. The standard InChI is InChI=1S/C16H19ClN2O2/c1-10-8-14-12(9-13(10)17)11(2)15(21-14)16(20)19-6-4-18(3)5-7-19/h8-9H,4-7H2,1-3H3. The minimum atomic E-state index is -0.0226. The van der Waals surface area contributed by atoms with Crippen molar-refractivity contribution in [2.75, 3.05) is 33.2 Å². The van der Waals surface area contributed by atoms with Crippen LogP contribution in [0.1, 0.15) is 21.7 Å². The van der Waals surface area contributed by atoms with E-state index >= 15 is 0 Å². The van der Waals surface area contributed by atoms with E-state index in [1.165, 1.54) is 0 Å². The first-order valence-corrected chi connectivity index (χ1v) is 7.52. The average molecular weight is 307 g/mol. The van der Waals surface area contributed by atoms with Gasteiger partial charge in [0.2, 0.25) is 0 Å². The van der Waals surface area contributed by atoms with Gasteiger partial charge in [0.25, 0.3) is 5.91 Å². The van der Waals surface area contributed by atoms with Gasteiger partial charge < -0.3 is 14.2 Å². The lowest BCUT2D eigenvalue weighted by atomic mass is 10.1. The lowest BCUT2D eigenvalue weighted by molar-refractivity contribution is 0.0634.